The normalized spacial score (nSPS) is 34.2. The lowest BCUT2D eigenvalue weighted by Crippen LogP contribution is -2.54. The summed E-state index contributed by atoms with van der Waals surface area (Å²) in [5.74, 6) is 0.581. The summed E-state index contributed by atoms with van der Waals surface area (Å²) in [6.45, 7) is 12.6. The zero-order valence-electron chi connectivity index (χ0n) is 13.8. The van der Waals surface area contributed by atoms with Crippen LogP contribution in [0.25, 0.3) is 0 Å². The van der Waals surface area contributed by atoms with E-state index in [0.717, 1.165) is 32.7 Å². The Morgan fingerprint density at radius 2 is 2.10 bits per heavy atom. The molecule has 0 spiro atoms. The van der Waals surface area contributed by atoms with Crippen LogP contribution in [0.1, 0.15) is 34.1 Å². The number of ether oxygens (including phenoxy) is 1. The van der Waals surface area contributed by atoms with Gasteiger partial charge in [0.25, 0.3) is 0 Å². The Hall–Kier alpha value is -0.170. The summed E-state index contributed by atoms with van der Waals surface area (Å²) in [6, 6.07) is 0.107. The molecule has 0 aromatic heterocycles. The number of rotatable bonds is 4. The molecule has 0 bridgehead atoms. The van der Waals surface area contributed by atoms with Gasteiger partial charge in [0, 0.05) is 43.2 Å². The summed E-state index contributed by atoms with van der Waals surface area (Å²) in [6.07, 6.45) is 1.05. The van der Waals surface area contributed by atoms with E-state index >= 15 is 0 Å². The maximum atomic E-state index is 11.7. The average molecular weight is 318 g/mol. The summed E-state index contributed by atoms with van der Waals surface area (Å²) >= 11 is 0. The van der Waals surface area contributed by atoms with Crippen LogP contribution in [0.15, 0.2) is 0 Å². The molecule has 2 saturated heterocycles. The third-order valence-corrected chi connectivity index (χ3v) is 6.32. The quantitative estimate of drug-likeness (QED) is 0.834. The molecule has 2 fully saturated rings. The van der Waals surface area contributed by atoms with Crippen molar-refractivity contribution in [2.45, 2.75) is 45.7 Å². The maximum Gasteiger partial charge on any atom is 0.153 e. The van der Waals surface area contributed by atoms with Crippen molar-refractivity contribution in [2.24, 2.45) is 5.41 Å². The van der Waals surface area contributed by atoms with Crippen LogP contribution in [0.2, 0.25) is 0 Å². The van der Waals surface area contributed by atoms with Gasteiger partial charge in [-0.05, 0) is 34.1 Å². The number of hydrogen-bond donors (Lipinski definition) is 1. The molecule has 0 aromatic rings. The predicted octanol–water partition coefficient (Wildman–Crippen LogP) is 0.900. The summed E-state index contributed by atoms with van der Waals surface area (Å²) in [5, 5.41) is 3.60. The third kappa shape index (κ3) is 4.91. The molecule has 2 unspecified atom stereocenters. The minimum absolute atomic E-state index is 0.0897. The van der Waals surface area contributed by atoms with Crippen molar-refractivity contribution in [3.63, 3.8) is 0 Å². The van der Waals surface area contributed by atoms with Crippen LogP contribution in [0.4, 0.5) is 0 Å². The number of nitrogens with one attached hydrogen (secondary N) is 1. The molecule has 5 nitrogen and oxygen atoms in total. The van der Waals surface area contributed by atoms with Crippen molar-refractivity contribution in [3.8, 4) is 0 Å². The predicted molar refractivity (Wildman–Crippen MR) is 85.3 cm³/mol. The van der Waals surface area contributed by atoms with Gasteiger partial charge >= 0.3 is 0 Å². The Balaban J connectivity index is 2.00. The van der Waals surface area contributed by atoms with E-state index < -0.39 is 9.84 Å². The van der Waals surface area contributed by atoms with Gasteiger partial charge in [-0.2, -0.15) is 0 Å². The van der Waals surface area contributed by atoms with Crippen molar-refractivity contribution in [1.29, 1.82) is 0 Å². The monoisotopic (exact) mass is 318 g/mol. The van der Waals surface area contributed by atoms with E-state index in [0.29, 0.717) is 12.3 Å². The molecule has 6 heteroatoms. The first kappa shape index (κ1) is 17.2. The van der Waals surface area contributed by atoms with E-state index in [9.17, 15) is 8.42 Å². The second kappa shape index (κ2) is 6.14. The first-order valence-electron chi connectivity index (χ1n) is 7.88. The number of hydrogen-bond acceptors (Lipinski definition) is 5. The van der Waals surface area contributed by atoms with Crippen LogP contribution in [0.3, 0.4) is 0 Å². The van der Waals surface area contributed by atoms with Crippen LogP contribution in [0.5, 0.6) is 0 Å². The molecule has 0 radical (unpaired) electrons. The zero-order chi connectivity index (χ0) is 15.7. The SMILES string of the molecule is CC1CS(=O)(=O)CCN1CC1(CNC(C)(C)C)CCOC1. The Morgan fingerprint density at radius 1 is 1.38 bits per heavy atom. The van der Waals surface area contributed by atoms with Gasteiger partial charge in [0.1, 0.15) is 0 Å². The summed E-state index contributed by atoms with van der Waals surface area (Å²) in [5.41, 5.74) is 0.203. The van der Waals surface area contributed by atoms with Gasteiger partial charge in [-0.15, -0.1) is 0 Å². The average Bonchev–Trinajstić information content (AvgIpc) is 2.78. The largest absolute Gasteiger partial charge is 0.381 e. The van der Waals surface area contributed by atoms with Gasteiger partial charge in [0.05, 0.1) is 18.1 Å². The van der Waals surface area contributed by atoms with Crippen LogP contribution in [-0.4, -0.2) is 69.3 Å². The summed E-state index contributed by atoms with van der Waals surface area (Å²) < 4.78 is 29.1. The van der Waals surface area contributed by atoms with Crippen LogP contribution < -0.4 is 5.32 Å². The van der Waals surface area contributed by atoms with Crippen molar-refractivity contribution < 1.29 is 13.2 Å². The van der Waals surface area contributed by atoms with Crippen molar-refractivity contribution in [2.75, 3.05) is 44.4 Å². The first-order chi connectivity index (χ1) is 9.61. The van der Waals surface area contributed by atoms with Crippen LogP contribution in [0, 0.1) is 5.41 Å². The fraction of sp³-hybridized carbons (Fsp3) is 1.00. The van der Waals surface area contributed by atoms with E-state index in [1.54, 1.807) is 0 Å². The Kier molecular flexibility index (Phi) is 5.03. The number of sulfone groups is 1. The third-order valence-electron chi connectivity index (χ3n) is 4.53. The Bertz CT molecular complexity index is 450. The van der Waals surface area contributed by atoms with E-state index in [4.69, 9.17) is 4.74 Å². The molecule has 0 amide bonds. The molecule has 2 aliphatic rings. The summed E-state index contributed by atoms with van der Waals surface area (Å²) in [7, 11) is -2.84. The van der Waals surface area contributed by atoms with Crippen LogP contribution in [-0.2, 0) is 14.6 Å². The highest BCUT2D eigenvalue weighted by Crippen LogP contribution is 2.31. The van der Waals surface area contributed by atoms with E-state index in [-0.39, 0.29) is 22.7 Å². The molecule has 2 atom stereocenters. The van der Waals surface area contributed by atoms with Gasteiger partial charge in [-0.25, -0.2) is 8.42 Å². The maximum absolute atomic E-state index is 11.7. The molecular weight excluding hydrogens is 288 g/mol. The summed E-state index contributed by atoms with van der Waals surface area (Å²) in [4.78, 5) is 2.33. The molecule has 0 saturated carbocycles. The Morgan fingerprint density at radius 3 is 2.62 bits per heavy atom. The lowest BCUT2D eigenvalue weighted by atomic mass is 9.85. The van der Waals surface area contributed by atoms with Gasteiger partial charge < -0.3 is 10.1 Å². The minimum atomic E-state index is -2.84. The second-order valence-corrected chi connectivity index (χ2v) is 10.1. The van der Waals surface area contributed by atoms with E-state index in [1.165, 1.54) is 0 Å². The first-order valence-corrected chi connectivity index (χ1v) is 9.70. The molecule has 1 N–H and O–H groups in total. The number of nitrogens with zero attached hydrogens (tertiary/aromatic N) is 1. The fourth-order valence-electron chi connectivity index (χ4n) is 3.12. The highest BCUT2D eigenvalue weighted by atomic mass is 32.2. The molecule has 21 heavy (non-hydrogen) atoms. The zero-order valence-corrected chi connectivity index (χ0v) is 14.6. The van der Waals surface area contributed by atoms with E-state index in [1.807, 2.05) is 6.92 Å². The lowest BCUT2D eigenvalue weighted by molar-refractivity contribution is 0.0898. The molecule has 0 aromatic carbocycles. The topological polar surface area (TPSA) is 58.6 Å². The van der Waals surface area contributed by atoms with Gasteiger partial charge in [-0.3, -0.25) is 4.90 Å². The Labute approximate surface area is 129 Å². The molecule has 2 rings (SSSR count). The van der Waals surface area contributed by atoms with E-state index in [2.05, 4.69) is 31.0 Å². The minimum Gasteiger partial charge on any atom is -0.381 e. The highest BCUT2D eigenvalue weighted by Gasteiger charge is 2.40. The molecule has 2 heterocycles. The molecule has 2 aliphatic heterocycles. The smallest absolute Gasteiger partial charge is 0.153 e. The van der Waals surface area contributed by atoms with Gasteiger partial charge in [0.15, 0.2) is 9.84 Å². The lowest BCUT2D eigenvalue weighted by Gasteiger charge is -2.41. The molecule has 0 aliphatic carbocycles. The van der Waals surface area contributed by atoms with Gasteiger partial charge in [0.2, 0.25) is 0 Å². The van der Waals surface area contributed by atoms with Crippen molar-refractivity contribution >= 4 is 9.84 Å². The van der Waals surface area contributed by atoms with Crippen molar-refractivity contribution in [3.05, 3.63) is 0 Å². The van der Waals surface area contributed by atoms with Crippen molar-refractivity contribution in [1.82, 2.24) is 10.2 Å². The molecular formula is C15H30N2O3S. The second-order valence-electron chi connectivity index (χ2n) is 7.84. The fourth-order valence-corrected chi connectivity index (χ4v) is 4.75. The van der Waals surface area contributed by atoms with Crippen LogP contribution >= 0.6 is 0 Å². The van der Waals surface area contributed by atoms with Gasteiger partial charge in [-0.1, -0.05) is 0 Å². The standard InChI is InChI=1S/C15H30N2O3S/c1-13-9-21(18,19)8-6-17(13)11-15(5-7-20-12-15)10-16-14(2,3)4/h13,16H,5-12H2,1-4H3. The molecule has 124 valence electrons. The highest BCUT2D eigenvalue weighted by molar-refractivity contribution is 7.91.